The van der Waals surface area contributed by atoms with E-state index in [9.17, 15) is 0 Å². The molecule has 1 aromatic rings. The van der Waals surface area contributed by atoms with Gasteiger partial charge in [-0.25, -0.2) is 4.98 Å². The molecular formula is C13H23N3O. The van der Waals surface area contributed by atoms with Crippen LogP contribution < -0.4 is 10.6 Å². The van der Waals surface area contributed by atoms with E-state index < -0.39 is 0 Å². The number of hydrogen-bond donors (Lipinski definition) is 2. The third-order valence-corrected chi connectivity index (χ3v) is 2.76. The highest BCUT2D eigenvalue weighted by molar-refractivity contribution is 5.48. The number of pyridine rings is 1. The van der Waals surface area contributed by atoms with Gasteiger partial charge in [0.15, 0.2) is 0 Å². The molecule has 0 aliphatic carbocycles. The van der Waals surface area contributed by atoms with Crippen molar-refractivity contribution >= 4 is 5.82 Å². The summed E-state index contributed by atoms with van der Waals surface area (Å²) in [6, 6.07) is 4.23. The SMILES string of the molecule is CC(C)N(CCCO)c1ncccc1[C@@H](C)N. The van der Waals surface area contributed by atoms with Crippen LogP contribution in [0.1, 0.15) is 38.8 Å². The van der Waals surface area contributed by atoms with Crippen molar-refractivity contribution in [3.05, 3.63) is 23.9 Å². The Balaban J connectivity index is 3.00. The Morgan fingerprint density at radius 1 is 1.41 bits per heavy atom. The van der Waals surface area contributed by atoms with Gasteiger partial charge in [0.25, 0.3) is 0 Å². The maximum Gasteiger partial charge on any atom is 0.133 e. The fourth-order valence-corrected chi connectivity index (χ4v) is 1.85. The summed E-state index contributed by atoms with van der Waals surface area (Å²) in [6.45, 7) is 7.20. The smallest absolute Gasteiger partial charge is 0.133 e. The minimum atomic E-state index is -0.0333. The first kappa shape index (κ1) is 13.9. The number of hydrogen-bond acceptors (Lipinski definition) is 4. The average Bonchev–Trinajstić information content (AvgIpc) is 2.29. The summed E-state index contributed by atoms with van der Waals surface area (Å²) in [4.78, 5) is 6.63. The van der Waals surface area contributed by atoms with Crippen molar-refractivity contribution in [1.29, 1.82) is 0 Å². The highest BCUT2D eigenvalue weighted by atomic mass is 16.3. The number of aliphatic hydroxyl groups excluding tert-OH is 1. The normalized spacial score (nSPS) is 12.8. The number of nitrogens with zero attached hydrogens (tertiary/aromatic N) is 2. The maximum atomic E-state index is 8.95. The Labute approximate surface area is 103 Å². The van der Waals surface area contributed by atoms with Crippen molar-refractivity contribution in [2.24, 2.45) is 5.73 Å². The van der Waals surface area contributed by atoms with Crippen LogP contribution in [0.25, 0.3) is 0 Å². The van der Waals surface area contributed by atoms with Gasteiger partial charge >= 0.3 is 0 Å². The van der Waals surface area contributed by atoms with Crippen molar-refractivity contribution in [2.45, 2.75) is 39.3 Å². The Hall–Kier alpha value is -1.13. The lowest BCUT2D eigenvalue weighted by Crippen LogP contribution is -2.34. The van der Waals surface area contributed by atoms with Crippen LogP contribution in [0.3, 0.4) is 0 Å². The van der Waals surface area contributed by atoms with Crippen LogP contribution in [0.5, 0.6) is 0 Å². The van der Waals surface area contributed by atoms with E-state index in [1.807, 2.05) is 19.1 Å². The second kappa shape index (κ2) is 6.57. The molecule has 17 heavy (non-hydrogen) atoms. The fraction of sp³-hybridized carbons (Fsp3) is 0.615. The molecular weight excluding hydrogens is 214 g/mol. The molecule has 3 N–H and O–H groups in total. The Kier molecular flexibility index (Phi) is 5.38. The van der Waals surface area contributed by atoms with Gasteiger partial charge in [0, 0.05) is 37.0 Å². The van der Waals surface area contributed by atoms with E-state index in [-0.39, 0.29) is 12.6 Å². The molecule has 4 heteroatoms. The topological polar surface area (TPSA) is 62.4 Å². The molecule has 4 nitrogen and oxygen atoms in total. The van der Waals surface area contributed by atoms with Crippen LogP contribution in [0.15, 0.2) is 18.3 Å². The summed E-state index contributed by atoms with van der Waals surface area (Å²) < 4.78 is 0. The zero-order valence-corrected chi connectivity index (χ0v) is 10.9. The lowest BCUT2D eigenvalue weighted by atomic mass is 10.1. The minimum absolute atomic E-state index is 0.0333. The van der Waals surface area contributed by atoms with E-state index in [1.54, 1.807) is 6.20 Å². The fourth-order valence-electron chi connectivity index (χ4n) is 1.85. The average molecular weight is 237 g/mol. The highest BCUT2D eigenvalue weighted by Gasteiger charge is 2.16. The van der Waals surface area contributed by atoms with Gasteiger partial charge in [-0.15, -0.1) is 0 Å². The predicted octanol–water partition coefficient (Wildman–Crippen LogP) is 1.70. The molecule has 1 heterocycles. The molecule has 1 aromatic heterocycles. The van der Waals surface area contributed by atoms with Crippen LogP contribution in [-0.4, -0.2) is 29.3 Å². The summed E-state index contributed by atoms with van der Waals surface area (Å²) >= 11 is 0. The molecule has 0 amide bonds. The lowest BCUT2D eigenvalue weighted by molar-refractivity contribution is 0.288. The van der Waals surface area contributed by atoms with Crippen LogP contribution >= 0.6 is 0 Å². The number of aromatic nitrogens is 1. The van der Waals surface area contributed by atoms with E-state index in [0.717, 1.165) is 24.3 Å². The van der Waals surface area contributed by atoms with E-state index in [0.29, 0.717) is 6.04 Å². The first-order valence-electron chi connectivity index (χ1n) is 6.16. The van der Waals surface area contributed by atoms with Gasteiger partial charge < -0.3 is 15.7 Å². The lowest BCUT2D eigenvalue weighted by Gasteiger charge is -2.30. The molecule has 0 saturated heterocycles. The summed E-state index contributed by atoms with van der Waals surface area (Å²) in [5, 5.41) is 8.95. The van der Waals surface area contributed by atoms with Crippen molar-refractivity contribution in [3.8, 4) is 0 Å². The van der Waals surface area contributed by atoms with E-state index in [4.69, 9.17) is 10.8 Å². The van der Waals surface area contributed by atoms with Crippen LogP contribution in [0.4, 0.5) is 5.82 Å². The molecule has 0 spiro atoms. The molecule has 0 aromatic carbocycles. The zero-order chi connectivity index (χ0) is 12.8. The van der Waals surface area contributed by atoms with E-state index >= 15 is 0 Å². The number of anilines is 1. The number of aliphatic hydroxyl groups is 1. The van der Waals surface area contributed by atoms with Gasteiger partial charge in [0.1, 0.15) is 5.82 Å². The van der Waals surface area contributed by atoms with Crippen molar-refractivity contribution in [3.63, 3.8) is 0 Å². The Bertz CT molecular complexity index is 339. The number of nitrogens with two attached hydrogens (primary N) is 1. The van der Waals surface area contributed by atoms with Crippen molar-refractivity contribution in [2.75, 3.05) is 18.1 Å². The quantitative estimate of drug-likeness (QED) is 0.790. The molecule has 0 unspecified atom stereocenters. The summed E-state index contributed by atoms with van der Waals surface area (Å²) in [7, 11) is 0. The van der Waals surface area contributed by atoms with Crippen molar-refractivity contribution < 1.29 is 5.11 Å². The molecule has 0 aliphatic rings. The van der Waals surface area contributed by atoms with Crippen LogP contribution in [0.2, 0.25) is 0 Å². The molecule has 0 fully saturated rings. The van der Waals surface area contributed by atoms with E-state index in [1.165, 1.54) is 0 Å². The molecule has 0 radical (unpaired) electrons. The predicted molar refractivity (Wildman–Crippen MR) is 71.0 cm³/mol. The van der Waals surface area contributed by atoms with E-state index in [2.05, 4.69) is 23.7 Å². The highest BCUT2D eigenvalue weighted by Crippen LogP contribution is 2.24. The van der Waals surface area contributed by atoms with Gasteiger partial charge in [0.05, 0.1) is 0 Å². The largest absolute Gasteiger partial charge is 0.396 e. The van der Waals surface area contributed by atoms with Gasteiger partial charge in [-0.1, -0.05) is 6.07 Å². The zero-order valence-electron chi connectivity index (χ0n) is 10.9. The van der Waals surface area contributed by atoms with Crippen LogP contribution in [-0.2, 0) is 0 Å². The minimum Gasteiger partial charge on any atom is -0.396 e. The monoisotopic (exact) mass is 237 g/mol. The third kappa shape index (κ3) is 3.68. The van der Waals surface area contributed by atoms with Crippen LogP contribution in [0, 0.1) is 0 Å². The van der Waals surface area contributed by atoms with Gasteiger partial charge in [-0.3, -0.25) is 0 Å². The number of rotatable bonds is 6. The maximum absolute atomic E-state index is 8.95. The van der Waals surface area contributed by atoms with Crippen molar-refractivity contribution in [1.82, 2.24) is 4.98 Å². The first-order valence-corrected chi connectivity index (χ1v) is 6.16. The molecule has 1 atom stereocenters. The second-order valence-corrected chi connectivity index (χ2v) is 4.57. The third-order valence-electron chi connectivity index (χ3n) is 2.76. The molecule has 0 aliphatic heterocycles. The Morgan fingerprint density at radius 3 is 2.65 bits per heavy atom. The van der Waals surface area contributed by atoms with Gasteiger partial charge in [0.2, 0.25) is 0 Å². The van der Waals surface area contributed by atoms with Gasteiger partial charge in [-0.2, -0.15) is 0 Å². The first-order chi connectivity index (χ1) is 8.07. The second-order valence-electron chi connectivity index (χ2n) is 4.57. The summed E-state index contributed by atoms with van der Waals surface area (Å²) in [6.07, 6.45) is 2.53. The van der Waals surface area contributed by atoms with Gasteiger partial charge in [-0.05, 0) is 33.3 Å². The molecule has 1 rings (SSSR count). The molecule has 0 saturated carbocycles. The molecule has 96 valence electrons. The summed E-state index contributed by atoms with van der Waals surface area (Å²) in [5.41, 5.74) is 7.02. The molecule has 0 bridgehead atoms. The Morgan fingerprint density at radius 2 is 2.12 bits per heavy atom. The standard InChI is InChI=1S/C13H23N3O/c1-10(2)16(8-5-9-17)13-12(11(3)14)6-4-7-15-13/h4,6-7,10-11,17H,5,8-9,14H2,1-3H3/t11-/m1/s1. The summed E-state index contributed by atoms with van der Waals surface area (Å²) in [5.74, 6) is 0.936.